The van der Waals surface area contributed by atoms with Gasteiger partial charge in [0, 0.05) is 30.8 Å². The van der Waals surface area contributed by atoms with E-state index in [1.54, 1.807) is 45.0 Å². The first kappa shape index (κ1) is 25.7. The molecule has 7 nitrogen and oxygen atoms in total. The molecule has 33 heavy (non-hydrogen) atoms. The molecule has 0 heterocycles. The Hall–Kier alpha value is -3.56. The van der Waals surface area contributed by atoms with E-state index >= 15 is 0 Å². The molecule has 0 spiro atoms. The summed E-state index contributed by atoms with van der Waals surface area (Å²) in [5.74, 6) is -0.904. The fourth-order valence-corrected chi connectivity index (χ4v) is 2.69. The highest BCUT2D eigenvalue weighted by Crippen LogP contribution is 2.29. The number of alkyl halides is 3. The summed E-state index contributed by atoms with van der Waals surface area (Å²) in [5.41, 5.74) is -0.333. The Bertz CT molecular complexity index is 984. The summed E-state index contributed by atoms with van der Waals surface area (Å²) in [7, 11) is 0. The number of carbonyl (C=O) groups excluding carboxylic acids is 3. The highest BCUT2D eigenvalue weighted by Gasteiger charge is 2.30. The summed E-state index contributed by atoms with van der Waals surface area (Å²) in [6, 6.07) is 10.7. The minimum atomic E-state index is -4.48. The second-order valence-electron chi connectivity index (χ2n) is 8.14. The topological polar surface area (TPSA) is 96.5 Å². The molecule has 3 N–H and O–H groups in total. The van der Waals surface area contributed by atoms with Crippen molar-refractivity contribution in [2.75, 3.05) is 11.9 Å². The summed E-state index contributed by atoms with van der Waals surface area (Å²) in [6.07, 6.45) is -5.10. The van der Waals surface area contributed by atoms with Crippen molar-refractivity contribution >= 4 is 23.6 Å². The highest BCUT2D eigenvalue weighted by molar-refractivity contribution is 5.94. The molecule has 0 aliphatic carbocycles. The Morgan fingerprint density at radius 2 is 1.55 bits per heavy atom. The molecule has 2 aromatic carbocycles. The molecule has 0 radical (unpaired) electrons. The fraction of sp³-hybridized carbons (Fsp3) is 0.348. The van der Waals surface area contributed by atoms with E-state index in [0.29, 0.717) is 11.3 Å². The van der Waals surface area contributed by atoms with Gasteiger partial charge in [0.2, 0.25) is 5.91 Å². The van der Waals surface area contributed by atoms with Gasteiger partial charge < -0.3 is 20.7 Å². The Morgan fingerprint density at radius 1 is 0.909 bits per heavy atom. The zero-order valence-corrected chi connectivity index (χ0v) is 18.5. The average molecular weight is 465 g/mol. The molecule has 0 saturated carbocycles. The first-order chi connectivity index (χ1) is 15.3. The van der Waals surface area contributed by atoms with Crippen molar-refractivity contribution in [2.45, 2.75) is 45.5 Å². The van der Waals surface area contributed by atoms with Gasteiger partial charge >= 0.3 is 12.3 Å². The van der Waals surface area contributed by atoms with Crippen LogP contribution in [0.3, 0.4) is 0 Å². The summed E-state index contributed by atoms with van der Waals surface area (Å²) >= 11 is 0. The van der Waals surface area contributed by atoms with Gasteiger partial charge in [-0.3, -0.25) is 9.59 Å². The van der Waals surface area contributed by atoms with Gasteiger partial charge in [0.1, 0.15) is 5.60 Å². The fourth-order valence-electron chi connectivity index (χ4n) is 2.69. The van der Waals surface area contributed by atoms with Crippen molar-refractivity contribution in [3.05, 3.63) is 65.2 Å². The number of halogens is 3. The van der Waals surface area contributed by atoms with Crippen LogP contribution in [0.25, 0.3) is 0 Å². The number of anilines is 1. The highest BCUT2D eigenvalue weighted by atomic mass is 19.4. The van der Waals surface area contributed by atoms with E-state index in [1.807, 2.05) is 0 Å². The number of nitrogens with one attached hydrogen (secondary N) is 3. The maximum Gasteiger partial charge on any atom is 0.416 e. The van der Waals surface area contributed by atoms with E-state index in [2.05, 4.69) is 16.0 Å². The van der Waals surface area contributed by atoms with Crippen molar-refractivity contribution in [1.29, 1.82) is 0 Å². The van der Waals surface area contributed by atoms with Gasteiger partial charge in [0.15, 0.2) is 0 Å². The predicted octanol–water partition coefficient (Wildman–Crippen LogP) is 4.49. The van der Waals surface area contributed by atoms with Crippen molar-refractivity contribution in [2.24, 2.45) is 0 Å². The Labute approximate surface area is 189 Å². The van der Waals surface area contributed by atoms with E-state index < -0.39 is 29.3 Å². The lowest BCUT2D eigenvalue weighted by atomic mass is 10.1. The third-order valence-corrected chi connectivity index (χ3v) is 4.23. The van der Waals surface area contributed by atoms with Crippen LogP contribution < -0.4 is 16.0 Å². The molecule has 0 bridgehead atoms. The number of para-hydroxylation sites is 1. The normalized spacial score (nSPS) is 11.5. The van der Waals surface area contributed by atoms with Gasteiger partial charge in [-0.15, -0.1) is 0 Å². The standard InChI is InChI=1S/C23H26F3N3O4/c1-22(2,3)33-21(32)27-13-12-19(30)29-18-7-5-4-6-16(18)14-28-20(31)15-8-10-17(11-9-15)23(24,25)26/h4-11H,12-14H2,1-3H3,(H,27,32)(H,28,31)(H,29,30). The molecule has 178 valence electrons. The van der Waals surface area contributed by atoms with Crippen molar-refractivity contribution in [3.63, 3.8) is 0 Å². The smallest absolute Gasteiger partial charge is 0.416 e. The van der Waals surface area contributed by atoms with Crippen LogP contribution in [0.5, 0.6) is 0 Å². The maximum absolute atomic E-state index is 12.7. The van der Waals surface area contributed by atoms with Crippen LogP contribution in [0.2, 0.25) is 0 Å². The molecule has 0 aliphatic rings. The molecule has 2 rings (SSSR count). The predicted molar refractivity (Wildman–Crippen MR) is 117 cm³/mol. The number of carbonyl (C=O) groups is 3. The second kappa shape index (κ2) is 10.8. The average Bonchev–Trinajstić information content (AvgIpc) is 2.71. The quantitative estimate of drug-likeness (QED) is 0.562. The summed E-state index contributed by atoms with van der Waals surface area (Å²) in [5, 5.41) is 7.83. The lowest BCUT2D eigenvalue weighted by Gasteiger charge is -2.19. The zero-order valence-electron chi connectivity index (χ0n) is 18.5. The molecule has 0 aliphatic heterocycles. The van der Waals surface area contributed by atoms with Gasteiger partial charge in [-0.05, 0) is 56.7 Å². The van der Waals surface area contributed by atoms with Gasteiger partial charge in [-0.25, -0.2) is 4.79 Å². The number of alkyl carbamates (subject to hydrolysis) is 1. The molecule has 0 aromatic heterocycles. The molecule has 0 fully saturated rings. The first-order valence-electron chi connectivity index (χ1n) is 10.2. The third-order valence-electron chi connectivity index (χ3n) is 4.23. The molecular formula is C23H26F3N3O4. The van der Waals surface area contributed by atoms with Gasteiger partial charge in [0.05, 0.1) is 5.56 Å². The number of hydrogen-bond donors (Lipinski definition) is 3. The molecule has 10 heteroatoms. The molecule has 0 atom stereocenters. The van der Waals surface area contributed by atoms with E-state index in [1.165, 1.54) is 0 Å². The van der Waals surface area contributed by atoms with Crippen LogP contribution in [0.15, 0.2) is 48.5 Å². The lowest BCUT2D eigenvalue weighted by Crippen LogP contribution is -2.34. The third kappa shape index (κ3) is 8.83. The first-order valence-corrected chi connectivity index (χ1v) is 10.2. The van der Waals surface area contributed by atoms with E-state index in [9.17, 15) is 27.6 Å². The van der Waals surface area contributed by atoms with Gasteiger partial charge in [-0.1, -0.05) is 18.2 Å². The van der Waals surface area contributed by atoms with E-state index in [4.69, 9.17) is 4.74 Å². The van der Waals surface area contributed by atoms with E-state index in [-0.39, 0.29) is 31.0 Å². The largest absolute Gasteiger partial charge is 0.444 e. The van der Waals surface area contributed by atoms with Gasteiger partial charge in [0.25, 0.3) is 5.91 Å². The summed E-state index contributed by atoms with van der Waals surface area (Å²) in [6.45, 7) is 5.31. The molecular weight excluding hydrogens is 439 g/mol. The van der Waals surface area contributed by atoms with Crippen molar-refractivity contribution in [1.82, 2.24) is 10.6 Å². The Balaban J connectivity index is 1.89. The lowest BCUT2D eigenvalue weighted by molar-refractivity contribution is -0.137. The van der Waals surface area contributed by atoms with Crippen LogP contribution >= 0.6 is 0 Å². The van der Waals surface area contributed by atoms with E-state index in [0.717, 1.165) is 24.3 Å². The zero-order chi connectivity index (χ0) is 24.6. The van der Waals surface area contributed by atoms with Crippen LogP contribution in [-0.2, 0) is 22.3 Å². The molecule has 0 saturated heterocycles. The summed E-state index contributed by atoms with van der Waals surface area (Å²) < 4.78 is 43.1. The monoisotopic (exact) mass is 465 g/mol. The molecule has 3 amide bonds. The van der Waals surface area contributed by atoms with Crippen LogP contribution in [0.1, 0.15) is 48.7 Å². The number of rotatable bonds is 7. The number of hydrogen-bond acceptors (Lipinski definition) is 4. The van der Waals surface area contributed by atoms with Crippen LogP contribution in [0, 0.1) is 0 Å². The Morgan fingerprint density at radius 3 is 2.15 bits per heavy atom. The summed E-state index contributed by atoms with van der Waals surface area (Å²) in [4.78, 5) is 36.1. The van der Waals surface area contributed by atoms with Crippen molar-refractivity contribution in [3.8, 4) is 0 Å². The van der Waals surface area contributed by atoms with Gasteiger partial charge in [-0.2, -0.15) is 13.2 Å². The van der Waals surface area contributed by atoms with Crippen LogP contribution in [-0.4, -0.2) is 30.1 Å². The number of benzene rings is 2. The minimum Gasteiger partial charge on any atom is -0.444 e. The Kier molecular flexibility index (Phi) is 8.44. The molecule has 0 unspecified atom stereocenters. The second-order valence-corrected chi connectivity index (χ2v) is 8.14. The van der Waals surface area contributed by atoms with Crippen molar-refractivity contribution < 1.29 is 32.3 Å². The number of amides is 3. The SMILES string of the molecule is CC(C)(C)OC(=O)NCCC(=O)Nc1ccccc1CNC(=O)c1ccc(C(F)(F)F)cc1. The minimum absolute atomic E-state index is 0.00545. The maximum atomic E-state index is 12.7. The molecule has 2 aromatic rings. The van der Waals surface area contributed by atoms with Crippen LogP contribution in [0.4, 0.5) is 23.7 Å². The number of ether oxygens (including phenoxy) is 1.